The number of alkyl halides is 2. The van der Waals surface area contributed by atoms with Crippen LogP contribution in [0.3, 0.4) is 0 Å². The number of halogens is 3. The molecule has 2 aromatic carbocycles. The number of carbonyl (C=O) groups excluding carboxylic acids is 7. The molecular weight excluding hydrogens is 1140 g/mol. The number of unbranched alkanes of at least 4 members (excludes halogenated alkanes) is 8. The van der Waals surface area contributed by atoms with Gasteiger partial charge in [0.05, 0.1) is 54.5 Å². The number of nitrogens with zero attached hydrogens (tertiary/aromatic N) is 10. The standard InChI is InChI=1S/C63H79F3N14O8/c1-61-30-47-45(27-50(61)63(61,65)66)59(73-72-47)60(87)71-41-32-70-79(34-41)42-20-23-77(24-21-42)53(83)17-12-10-8-6-5-7-9-11-13-22-67-51(81)18-19-54(84)78-37-62(38-78)28-40(29-62)58-57-43(44-26-49-39(25-46(44)64)31-69-76(49)3)15-14-16-48(57)80(74-58)36-55(85)75(2)35-52(82)68-33-56(86)88-4/h14-16,25-26,31-32,34,40,42,50H,5-13,17-24,27-30,33,35-38H2,1-4H3,(H,67,81)(H,68,82)(H,71,87)(H,72,73). The molecule has 0 bridgehead atoms. The zero-order valence-electron chi connectivity index (χ0n) is 50.6. The summed E-state index contributed by atoms with van der Waals surface area (Å²) in [5.41, 5.74) is 3.76. The van der Waals surface area contributed by atoms with Crippen LogP contribution in [0.4, 0.5) is 18.9 Å². The molecule has 25 heteroatoms. The molecule has 2 saturated carbocycles. The van der Waals surface area contributed by atoms with Gasteiger partial charge in [-0.2, -0.15) is 20.4 Å². The zero-order chi connectivity index (χ0) is 62.1. The number of hydrogen-bond acceptors (Lipinski definition) is 12. The molecule has 2 aliphatic heterocycles. The van der Waals surface area contributed by atoms with Gasteiger partial charge in [0.15, 0.2) is 5.69 Å². The number of fused-ring (bicyclic) bond motifs is 4. The molecule has 2 unspecified atom stereocenters. The number of piperidine rings is 1. The third-order valence-corrected chi connectivity index (χ3v) is 19.3. The summed E-state index contributed by atoms with van der Waals surface area (Å²) in [6, 6.07) is 8.83. The summed E-state index contributed by atoms with van der Waals surface area (Å²) < 4.78 is 54.5. The molecule has 0 radical (unpaired) electrons. The van der Waals surface area contributed by atoms with Crippen molar-refractivity contribution >= 4 is 68.9 Å². The number of aryl methyl sites for hydroxylation is 1. The van der Waals surface area contributed by atoms with Crippen LogP contribution >= 0.6 is 0 Å². The maximum Gasteiger partial charge on any atom is 0.325 e. The fourth-order valence-corrected chi connectivity index (χ4v) is 14.0. The average molecular weight is 1220 g/mol. The number of likely N-dealkylation sites (N-methyl/N-ethyl adjacent to an activating group) is 1. The molecule has 4 N–H and O–H groups in total. The first-order chi connectivity index (χ1) is 42.2. The van der Waals surface area contributed by atoms with E-state index in [0.717, 1.165) is 100 Å². The van der Waals surface area contributed by atoms with E-state index >= 15 is 4.39 Å². The lowest BCUT2D eigenvalue weighted by Gasteiger charge is -2.59. The molecule has 88 heavy (non-hydrogen) atoms. The minimum absolute atomic E-state index is 0.0346. The number of hydrogen-bond donors (Lipinski definition) is 4. The van der Waals surface area contributed by atoms with E-state index in [1.165, 1.54) is 25.1 Å². The lowest BCUT2D eigenvalue weighted by atomic mass is 9.56. The second kappa shape index (κ2) is 25.5. The van der Waals surface area contributed by atoms with Gasteiger partial charge in [-0.1, -0.05) is 64.0 Å². The first kappa shape index (κ1) is 61.5. The Morgan fingerprint density at radius 1 is 0.830 bits per heavy atom. The van der Waals surface area contributed by atoms with Crippen LogP contribution in [-0.2, 0) is 59.9 Å². The molecule has 5 aliphatic rings. The maximum absolute atomic E-state index is 16.0. The molecule has 4 aromatic heterocycles. The number of rotatable bonds is 26. The summed E-state index contributed by atoms with van der Waals surface area (Å²) in [5, 5.41) is 30.4. The number of esters is 1. The van der Waals surface area contributed by atoms with Crippen LogP contribution in [0.2, 0.25) is 0 Å². The highest BCUT2D eigenvalue weighted by Crippen LogP contribution is 2.70. The summed E-state index contributed by atoms with van der Waals surface area (Å²) in [7, 11) is 4.50. The van der Waals surface area contributed by atoms with Crippen molar-refractivity contribution in [1.29, 1.82) is 0 Å². The van der Waals surface area contributed by atoms with E-state index in [0.29, 0.717) is 78.1 Å². The first-order valence-corrected chi connectivity index (χ1v) is 31.0. The van der Waals surface area contributed by atoms with Crippen molar-refractivity contribution in [3.05, 3.63) is 77.4 Å². The summed E-state index contributed by atoms with van der Waals surface area (Å²) in [5.74, 6) is -5.98. The Morgan fingerprint density at radius 2 is 1.55 bits per heavy atom. The quantitative estimate of drug-likeness (QED) is 0.0306. The first-order valence-electron chi connectivity index (χ1n) is 31.0. The van der Waals surface area contributed by atoms with Crippen LogP contribution in [0.15, 0.2) is 48.9 Å². The van der Waals surface area contributed by atoms with Gasteiger partial charge >= 0.3 is 5.97 Å². The van der Waals surface area contributed by atoms with E-state index in [-0.39, 0.29) is 86.1 Å². The molecule has 1 spiro atoms. The molecule has 470 valence electrons. The SMILES string of the molecule is COC(=O)CNC(=O)CN(C)C(=O)Cn1nc(C2CC3(C2)CN(C(=O)CCC(=O)NCCCCCCCCCCCC(=O)N2CCC(n4cc(NC(=O)c5n[nH]c6c5CC5C(F)(F)C5(C)C6)cn4)CC2)C3)c2c(-c3cc4c(cnn4C)cc3F)cccc21. The maximum atomic E-state index is 16.0. The van der Waals surface area contributed by atoms with Crippen molar-refractivity contribution < 1.29 is 51.5 Å². The second-order valence-electron chi connectivity index (χ2n) is 25.4. The third kappa shape index (κ3) is 12.8. The number of aromatic nitrogens is 8. The largest absolute Gasteiger partial charge is 0.468 e. The van der Waals surface area contributed by atoms with E-state index in [1.54, 1.807) is 54.1 Å². The van der Waals surface area contributed by atoms with Crippen molar-refractivity contribution in [2.75, 3.05) is 65.3 Å². The number of anilines is 1. The van der Waals surface area contributed by atoms with Crippen molar-refractivity contribution in [3.8, 4) is 11.1 Å². The molecule has 2 atom stereocenters. The van der Waals surface area contributed by atoms with Gasteiger partial charge in [-0.05, 0) is 68.7 Å². The number of likely N-dealkylation sites (tertiary alicyclic amines) is 2. The molecule has 22 nitrogen and oxygen atoms in total. The van der Waals surface area contributed by atoms with Crippen LogP contribution in [0.25, 0.3) is 32.9 Å². The predicted octanol–water partition coefficient (Wildman–Crippen LogP) is 7.39. The zero-order valence-corrected chi connectivity index (χ0v) is 50.6. The van der Waals surface area contributed by atoms with Gasteiger partial charge < -0.3 is 35.4 Å². The van der Waals surface area contributed by atoms with Crippen LogP contribution in [-0.4, -0.2) is 162 Å². The lowest BCUT2D eigenvalue weighted by molar-refractivity contribution is -0.152. The van der Waals surface area contributed by atoms with Gasteiger partial charge in [0.25, 0.3) is 11.8 Å². The molecule has 6 amide bonds. The van der Waals surface area contributed by atoms with E-state index in [1.807, 2.05) is 26.6 Å². The van der Waals surface area contributed by atoms with E-state index in [4.69, 9.17) is 5.10 Å². The molecule has 2 saturated heterocycles. The normalized spacial score (nSPS) is 19.2. The number of amides is 6. The highest BCUT2D eigenvalue weighted by Gasteiger charge is 2.78. The highest BCUT2D eigenvalue weighted by molar-refractivity contribution is 6.04. The fraction of sp³-hybridized carbons (Fsp3) is 0.571. The van der Waals surface area contributed by atoms with Gasteiger partial charge in [-0.3, -0.25) is 52.7 Å². The predicted molar refractivity (Wildman–Crippen MR) is 319 cm³/mol. The Labute approximate surface area is 508 Å². The van der Waals surface area contributed by atoms with Gasteiger partial charge in [0, 0.05) is 129 Å². The van der Waals surface area contributed by atoms with Crippen molar-refractivity contribution in [1.82, 2.24) is 64.9 Å². The van der Waals surface area contributed by atoms with Crippen LogP contribution in [0, 0.1) is 22.6 Å². The van der Waals surface area contributed by atoms with Crippen LogP contribution in [0.5, 0.6) is 0 Å². The Hall–Kier alpha value is -8.12. The van der Waals surface area contributed by atoms with Gasteiger partial charge in [-0.25, -0.2) is 13.2 Å². The third-order valence-electron chi connectivity index (χ3n) is 19.3. The van der Waals surface area contributed by atoms with Crippen molar-refractivity contribution in [2.24, 2.45) is 23.8 Å². The minimum atomic E-state index is -2.74. The van der Waals surface area contributed by atoms with Crippen molar-refractivity contribution in [3.63, 3.8) is 0 Å². The topological polar surface area (TPSA) is 257 Å². The Balaban J connectivity index is 0.540. The Morgan fingerprint density at radius 3 is 2.28 bits per heavy atom. The van der Waals surface area contributed by atoms with Gasteiger partial charge in [-0.15, -0.1) is 0 Å². The number of carbonyl (C=O) groups is 7. The number of ether oxygens (including phenoxy) is 1. The van der Waals surface area contributed by atoms with Crippen LogP contribution in [0.1, 0.15) is 149 Å². The number of H-pyrrole nitrogens is 1. The van der Waals surface area contributed by atoms with E-state index < -0.39 is 46.8 Å². The number of benzene rings is 2. The molecule has 11 rings (SSSR count). The Kier molecular flexibility index (Phi) is 17.9. The molecular formula is C63H79F3N14O8. The summed E-state index contributed by atoms with van der Waals surface area (Å²) in [6.45, 7) is 3.77. The second-order valence-corrected chi connectivity index (χ2v) is 25.4. The Bertz CT molecular complexity index is 3630. The number of aromatic amines is 1. The summed E-state index contributed by atoms with van der Waals surface area (Å²) in [6.07, 6.45) is 18.3. The fourth-order valence-electron chi connectivity index (χ4n) is 14.0. The summed E-state index contributed by atoms with van der Waals surface area (Å²) >= 11 is 0. The monoisotopic (exact) mass is 1220 g/mol. The highest BCUT2D eigenvalue weighted by atomic mass is 19.3. The van der Waals surface area contributed by atoms with Crippen LogP contribution < -0.4 is 16.0 Å². The molecule has 3 aliphatic carbocycles. The van der Waals surface area contributed by atoms with Gasteiger partial charge in [0.1, 0.15) is 18.9 Å². The lowest BCUT2D eigenvalue weighted by Crippen LogP contribution is -2.63. The number of nitrogens with one attached hydrogen (secondary N) is 4. The molecule has 6 heterocycles. The van der Waals surface area contributed by atoms with Crippen molar-refractivity contribution in [2.45, 2.75) is 147 Å². The minimum Gasteiger partial charge on any atom is -0.468 e. The average Bonchev–Trinajstić information content (AvgIpc) is 1.50. The molecule has 4 fully saturated rings. The van der Waals surface area contributed by atoms with E-state index in [2.05, 4.69) is 41.1 Å². The summed E-state index contributed by atoms with van der Waals surface area (Å²) in [4.78, 5) is 94.8. The van der Waals surface area contributed by atoms with Gasteiger partial charge in [0.2, 0.25) is 29.5 Å². The van der Waals surface area contributed by atoms with E-state index in [9.17, 15) is 42.3 Å². The molecule has 6 aromatic rings. The smallest absolute Gasteiger partial charge is 0.325 e. The number of methoxy groups -OCH3 is 1.